The van der Waals surface area contributed by atoms with Gasteiger partial charge < -0.3 is 15.1 Å². The largest absolute Gasteiger partial charge is 0.351 e. The number of hydrogen-bond donors (Lipinski definition) is 2. The number of benzene rings is 1. The first-order valence-electron chi connectivity index (χ1n) is 10.1. The number of rotatable bonds is 8. The van der Waals surface area contributed by atoms with Crippen molar-refractivity contribution in [3.05, 3.63) is 29.3 Å². The first kappa shape index (κ1) is 23.3. The predicted octanol–water partition coefficient (Wildman–Crippen LogP) is -0.823. The van der Waals surface area contributed by atoms with Crippen LogP contribution in [0.2, 0.25) is 0 Å². The highest BCUT2D eigenvalue weighted by Gasteiger charge is 2.31. The summed E-state index contributed by atoms with van der Waals surface area (Å²) >= 11 is 0. The summed E-state index contributed by atoms with van der Waals surface area (Å²) in [7, 11) is -1.75. The van der Waals surface area contributed by atoms with Gasteiger partial charge in [-0.1, -0.05) is 13.0 Å². The molecule has 29 heavy (non-hydrogen) atoms. The molecule has 1 aromatic rings. The van der Waals surface area contributed by atoms with Crippen molar-refractivity contribution in [3.8, 4) is 0 Å². The molecule has 1 heterocycles. The van der Waals surface area contributed by atoms with Gasteiger partial charge in [0.1, 0.15) is 0 Å². The van der Waals surface area contributed by atoms with E-state index in [1.54, 1.807) is 17.0 Å². The zero-order valence-corrected chi connectivity index (χ0v) is 18.6. The molecule has 0 saturated carbocycles. The monoisotopic (exact) mass is 425 g/mol. The minimum absolute atomic E-state index is 0.0611. The Morgan fingerprint density at radius 3 is 2.31 bits per heavy atom. The molecule has 9 heteroatoms. The van der Waals surface area contributed by atoms with Crippen LogP contribution in [0.4, 0.5) is 0 Å². The Hall–Kier alpha value is -1.97. The molecule has 2 N–H and O–H groups in total. The van der Waals surface area contributed by atoms with Gasteiger partial charge >= 0.3 is 0 Å². The van der Waals surface area contributed by atoms with Gasteiger partial charge in [0.2, 0.25) is 10.0 Å². The van der Waals surface area contributed by atoms with Crippen molar-refractivity contribution in [2.75, 3.05) is 52.9 Å². The lowest BCUT2D eigenvalue weighted by Crippen LogP contribution is -3.11. The van der Waals surface area contributed by atoms with Gasteiger partial charge in [0.25, 0.3) is 11.8 Å². The van der Waals surface area contributed by atoms with Crippen LogP contribution in [0.3, 0.4) is 0 Å². The van der Waals surface area contributed by atoms with E-state index in [0.29, 0.717) is 24.5 Å². The van der Waals surface area contributed by atoms with E-state index in [-0.39, 0.29) is 38.0 Å². The Bertz CT molecular complexity index is 833. The summed E-state index contributed by atoms with van der Waals surface area (Å²) < 4.78 is 27.2. The second-order valence-corrected chi connectivity index (χ2v) is 9.63. The molecule has 0 aromatic heterocycles. The number of amides is 2. The molecule has 8 nitrogen and oxygen atoms in total. The van der Waals surface area contributed by atoms with Gasteiger partial charge in [-0.2, -0.15) is 4.31 Å². The van der Waals surface area contributed by atoms with E-state index in [4.69, 9.17) is 0 Å². The van der Waals surface area contributed by atoms with Crippen molar-refractivity contribution >= 4 is 21.8 Å². The maximum atomic E-state index is 12.9. The highest BCUT2D eigenvalue weighted by Crippen LogP contribution is 2.20. The van der Waals surface area contributed by atoms with Crippen molar-refractivity contribution in [1.29, 1.82) is 0 Å². The molecular weight excluding hydrogens is 392 g/mol. The molecule has 1 atom stereocenters. The van der Waals surface area contributed by atoms with E-state index >= 15 is 0 Å². The minimum Gasteiger partial charge on any atom is -0.351 e. The van der Waals surface area contributed by atoms with Crippen LogP contribution in [0.5, 0.6) is 0 Å². The second-order valence-electron chi connectivity index (χ2n) is 7.69. The molecule has 2 rings (SSSR count). The molecule has 1 fully saturated rings. The summed E-state index contributed by atoms with van der Waals surface area (Å²) in [6.45, 7) is 8.19. The Labute approximate surface area is 173 Å². The van der Waals surface area contributed by atoms with Gasteiger partial charge in [0.05, 0.1) is 11.9 Å². The van der Waals surface area contributed by atoms with E-state index in [9.17, 15) is 18.0 Å². The molecule has 1 saturated heterocycles. The van der Waals surface area contributed by atoms with Gasteiger partial charge in [0, 0.05) is 32.7 Å². The summed E-state index contributed by atoms with van der Waals surface area (Å²) in [5, 5.41) is 2.80. The standard InChI is InChI=1S/C20H32N4O4S/c1-5-8-21-19(25)14-22(4)15-20(26)23-9-11-24(12-10-23)29(27,28)18-7-6-16(2)17(3)13-18/h6-7,13H,5,8-12,14-15H2,1-4H3,(H,21,25)/p+1. The number of quaternary nitrogens is 1. The van der Waals surface area contributed by atoms with E-state index in [1.807, 2.05) is 33.9 Å². The van der Waals surface area contributed by atoms with Gasteiger partial charge in [-0.3, -0.25) is 9.59 Å². The maximum Gasteiger partial charge on any atom is 0.277 e. The molecule has 162 valence electrons. The number of carbonyl (C=O) groups is 2. The highest BCUT2D eigenvalue weighted by molar-refractivity contribution is 7.89. The van der Waals surface area contributed by atoms with Gasteiger partial charge in [-0.05, 0) is 43.5 Å². The van der Waals surface area contributed by atoms with E-state index in [2.05, 4.69) is 5.32 Å². The molecule has 1 unspecified atom stereocenters. The van der Waals surface area contributed by atoms with Crippen molar-refractivity contribution in [3.63, 3.8) is 0 Å². The van der Waals surface area contributed by atoms with Crippen LogP contribution in [0, 0.1) is 13.8 Å². The Morgan fingerprint density at radius 2 is 1.72 bits per heavy atom. The normalized spacial score (nSPS) is 16.5. The van der Waals surface area contributed by atoms with E-state index < -0.39 is 10.0 Å². The Balaban J connectivity index is 1.88. The third-order valence-corrected chi connectivity index (χ3v) is 7.09. The Kier molecular flexibility index (Phi) is 8.18. The average Bonchev–Trinajstić information content (AvgIpc) is 2.68. The molecule has 0 spiro atoms. The third-order valence-electron chi connectivity index (χ3n) is 5.19. The van der Waals surface area contributed by atoms with Crippen LogP contribution in [-0.4, -0.2) is 82.3 Å². The van der Waals surface area contributed by atoms with Gasteiger partial charge in [-0.25, -0.2) is 8.42 Å². The quantitative estimate of drug-likeness (QED) is 0.569. The smallest absolute Gasteiger partial charge is 0.277 e. The summed E-state index contributed by atoms with van der Waals surface area (Å²) in [5.41, 5.74) is 1.99. The molecule has 1 aliphatic heterocycles. The van der Waals surface area contributed by atoms with Crippen LogP contribution < -0.4 is 10.2 Å². The van der Waals surface area contributed by atoms with Crippen LogP contribution in [0.1, 0.15) is 24.5 Å². The van der Waals surface area contributed by atoms with E-state index in [1.165, 1.54) is 4.31 Å². The van der Waals surface area contributed by atoms with Crippen molar-refractivity contribution in [2.24, 2.45) is 0 Å². The van der Waals surface area contributed by atoms with E-state index in [0.717, 1.165) is 22.4 Å². The lowest BCUT2D eigenvalue weighted by molar-refractivity contribution is -0.863. The zero-order valence-electron chi connectivity index (χ0n) is 17.8. The van der Waals surface area contributed by atoms with Crippen molar-refractivity contribution < 1.29 is 22.9 Å². The molecule has 1 aliphatic rings. The molecule has 0 radical (unpaired) electrons. The first-order valence-corrected chi connectivity index (χ1v) is 11.5. The number of carbonyl (C=O) groups excluding carboxylic acids is 2. The third kappa shape index (κ3) is 6.25. The SMILES string of the molecule is CCCNC(=O)C[NH+](C)CC(=O)N1CCN(S(=O)(=O)c2ccc(C)c(C)c2)CC1. The maximum absolute atomic E-state index is 12.9. The van der Waals surface area contributed by atoms with Crippen LogP contribution >= 0.6 is 0 Å². The Morgan fingerprint density at radius 1 is 1.07 bits per heavy atom. The fourth-order valence-corrected chi connectivity index (χ4v) is 4.74. The number of sulfonamides is 1. The van der Waals surface area contributed by atoms with Crippen LogP contribution in [0.15, 0.2) is 23.1 Å². The highest BCUT2D eigenvalue weighted by atomic mass is 32.2. The first-order chi connectivity index (χ1) is 13.6. The fourth-order valence-electron chi connectivity index (χ4n) is 3.23. The summed E-state index contributed by atoms with van der Waals surface area (Å²) in [6.07, 6.45) is 0.874. The van der Waals surface area contributed by atoms with Gasteiger partial charge in [0.15, 0.2) is 13.1 Å². The summed E-state index contributed by atoms with van der Waals surface area (Å²) in [5.74, 6) is -0.129. The van der Waals surface area contributed by atoms with Gasteiger partial charge in [-0.15, -0.1) is 0 Å². The molecule has 0 aliphatic carbocycles. The van der Waals surface area contributed by atoms with Crippen LogP contribution in [0.25, 0.3) is 0 Å². The lowest BCUT2D eigenvalue weighted by Gasteiger charge is -2.34. The minimum atomic E-state index is -3.56. The average molecular weight is 426 g/mol. The molecule has 0 bridgehead atoms. The molecular formula is C20H33N4O4S+. The van der Waals surface area contributed by atoms with Crippen LogP contribution in [-0.2, 0) is 19.6 Å². The number of aryl methyl sites for hydroxylation is 2. The molecule has 2 amide bonds. The second kappa shape index (κ2) is 10.2. The number of hydrogen-bond acceptors (Lipinski definition) is 4. The number of nitrogens with zero attached hydrogens (tertiary/aromatic N) is 2. The topological polar surface area (TPSA) is 91.2 Å². The fraction of sp³-hybridized carbons (Fsp3) is 0.600. The molecule has 1 aromatic carbocycles. The number of nitrogens with one attached hydrogen (secondary N) is 2. The number of likely N-dealkylation sites (N-methyl/N-ethyl adjacent to an activating group) is 1. The predicted molar refractivity (Wildman–Crippen MR) is 111 cm³/mol. The summed E-state index contributed by atoms with van der Waals surface area (Å²) in [6, 6.07) is 5.15. The van der Waals surface area contributed by atoms with Crippen molar-refractivity contribution in [2.45, 2.75) is 32.1 Å². The number of piperazine rings is 1. The lowest BCUT2D eigenvalue weighted by atomic mass is 10.1. The zero-order chi connectivity index (χ0) is 21.6. The van der Waals surface area contributed by atoms with Crippen molar-refractivity contribution in [1.82, 2.24) is 14.5 Å². The summed E-state index contributed by atoms with van der Waals surface area (Å²) in [4.78, 5) is 27.1.